The van der Waals surface area contributed by atoms with E-state index in [4.69, 9.17) is 9.47 Å². The van der Waals surface area contributed by atoms with E-state index in [1.54, 1.807) is 14.2 Å². The lowest BCUT2D eigenvalue weighted by atomic mass is 9.87. The van der Waals surface area contributed by atoms with E-state index in [1.807, 2.05) is 17.4 Å². The van der Waals surface area contributed by atoms with Crippen molar-refractivity contribution in [1.29, 1.82) is 0 Å². The summed E-state index contributed by atoms with van der Waals surface area (Å²) in [6.45, 7) is 8.26. The third-order valence-electron chi connectivity index (χ3n) is 8.79. The molecule has 4 heterocycles. The standard InChI is InChI=1S/C32H39N3O2S/c1-22-28-19-24(6-8-29(28)33-32(22)25-7-9-30(36-2)31(20-25)37-3)23-10-16-35(17-11-23)26-12-14-34(15-13-26)21-27-5-4-18-38-27/h4-9,18-20,23,26,33H,10-17,21H2,1-3H3. The van der Waals surface area contributed by atoms with Crippen molar-refractivity contribution in [2.75, 3.05) is 40.4 Å². The summed E-state index contributed by atoms with van der Waals surface area (Å²) >= 11 is 1.88. The first-order valence-electron chi connectivity index (χ1n) is 14.0. The van der Waals surface area contributed by atoms with Gasteiger partial charge in [0.05, 0.1) is 14.2 Å². The van der Waals surface area contributed by atoms with Gasteiger partial charge in [-0.3, -0.25) is 4.90 Å². The Bertz CT molecular complexity index is 1360. The zero-order valence-electron chi connectivity index (χ0n) is 22.8. The quantitative estimate of drug-likeness (QED) is 0.278. The Hall–Kier alpha value is -2.80. The van der Waals surface area contributed by atoms with Gasteiger partial charge in [-0.15, -0.1) is 11.3 Å². The zero-order chi connectivity index (χ0) is 26.1. The number of nitrogens with zero attached hydrogens (tertiary/aromatic N) is 2. The molecule has 0 amide bonds. The highest BCUT2D eigenvalue weighted by Crippen LogP contribution is 2.38. The van der Waals surface area contributed by atoms with Crippen molar-refractivity contribution in [2.45, 2.75) is 51.1 Å². The number of ether oxygens (including phenoxy) is 2. The number of aromatic nitrogens is 1. The first-order chi connectivity index (χ1) is 18.6. The van der Waals surface area contributed by atoms with Crippen molar-refractivity contribution < 1.29 is 9.47 Å². The second-order valence-electron chi connectivity index (χ2n) is 10.9. The van der Waals surface area contributed by atoms with E-state index >= 15 is 0 Å². The Kier molecular flexibility index (Phi) is 7.46. The van der Waals surface area contributed by atoms with Gasteiger partial charge in [-0.25, -0.2) is 0 Å². The van der Waals surface area contributed by atoms with Crippen LogP contribution in [0.2, 0.25) is 0 Å². The summed E-state index contributed by atoms with van der Waals surface area (Å²) in [7, 11) is 3.36. The molecule has 0 bridgehead atoms. The lowest BCUT2D eigenvalue weighted by molar-refractivity contribution is 0.0850. The molecule has 1 N–H and O–H groups in total. The van der Waals surface area contributed by atoms with Crippen LogP contribution < -0.4 is 9.47 Å². The molecule has 2 fully saturated rings. The van der Waals surface area contributed by atoms with Gasteiger partial charge < -0.3 is 19.4 Å². The first kappa shape index (κ1) is 25.5. The second-order valence-corrected chi connectivity index (χ2v) is 11.9. The van der Waals surface area contributed by atoms with Gasteiger partial charge in [0.25, 0.3) is 0 Å². The third-order valence-corrected chi connectivity index (χ3v) is 9.65. The van der Waals surface area contributed by atoms with Crippen molar-refractivity contribution >= 4 is 22.2 Å². The van der Waals surface area contributed by atoms with Crippen LogP contribution in [0, 0.1) is 6.92 Å². The summed E-state index contributed by atoms with van der Waals surface area (Å²) in [6.07, 6.45) is 5.13. The number of benzene rings is 2. The van der Waals surface area contributed by atoms with Crippen LogP contribution in [0.15, 0.2) is 53.9 Å². The molecule has 0 spiro atoms. The van der Waals surface area contributed by atoms with Gasteiger partial charge in [0, 0.05) is 52.7 Å². The molecule has 0 radical (unpaired) electrons. The lowest BCUT2D eigenvalue weighted by Gasteiger charge is -2.42. The summed E-state index contributed by atoms with van der Waals surface area (Å²) in [5.41, 5.74) is 6.25. The number of hydrogen-bond acceptors (Lipinski definition) is 5. The Morgan fingerprint density at radius 3 is 2.39 bits per heavy atom. The molecule has 5 nitrogen and oxygen atoms in total. The molecule has 0 saturated carbocycles. The van der Waals surface area contributed by atoms with Crippen molar-refractivity contribution in [3.8, 4) is 22.8 Å². The Morgan fingerprint density at radius 2 is 1.68 bits per heavy atom. The molecule has 6 heteroatoms. The molecular formula is C32H39N3O2S. The van der Waals surface area contributed by atoms with E-state index in [0.717, 1.165) is 35.3 Å². The molecule has 6 rings (SSSR count). The molecule has 0 atom stereocenters. The van der Waals surface area contributed by atoms with Gasteiger partial charge in [-0.05, 0) is 105 Å². The van der Waals surface area contributed by atoms with Crippen molar-refractivity contribution in [1.82, 2.24) is 14.8 Å². The van der Waals surface area contributed by atoms with E-state index < -0.39 is 0 Å². The number of H-pyrrole nitrogens is 1. The fourth-order valence-corrected chi connectivity index (χ4v) is 7.29. The molecule has 2 aromatic heterocycles. The Balaban J connectivity index is 1.10. The van der Waals surface area contributed by atoms with Gasteiger partial charge in [-0.2, -0.15) is 0 Å². The average molecular weight is 530 g/mol. The minimum absolute atomic E-state index is 0.647. The Labute approximate surface area is 230 Å². The maximum atomic E-state index is 5.54. The SMILES string of the molecule is COc1ccc(-c2[nH]c3ccc(C4CCN(C5CCN(Cc6cccs6)CC5)CC4)cc3c2C)cc1OC. The molecule has 200 valence electrons. The maximum Gasteiger partial charge on any atom is 0.161 e. The van der Waals surface area contributed by atoms with Crippen LogP contribution in [0.4, 0.5) is 0 Å². The van der Waals surface area contributed by atoms with E-state index in [9.17, 15) is 0 Å². The summed E-state index contributed by atoms with van der Waals surface area (Å²) in [4.78, 5) is 10.6. The number of hydrogen-bond donors (Lipinski definition) is 1. The number of rotatable bonds is 7. The number of thiophene rings is 1. The second kappa shape index (κ2) is 11.1. The fourth-order valence-electron chi connectivity index (χ4n) is 6.54. The first-order valence-corrected chi connectivity index (χ1v) is 14.8. The van der Waals surface area contributed by atoms with Crippen molar-refractivity contribution in [2.24, 2.45) is 0 Å². The molecule has 2 saturated heterocycles. The number of aryl methyl sites for hydroxylation is 1. The van der Waals surface area contributed by atoms with Crippen LogP contribution in [0.1, 0.15) is 47.6 Å². The number of fused-ring (bicyclic) bond motifs is 1. The van der Waals surface area contributed by atoms with Gasteiger partial charge in [0.2, 0.25) is 0 Å². The predicted molar refractivity (Wildman–Crippen MR) is 158 cm³/mol. The zero-order valence-corrected chi connectivity index (χ0v) is 23.7. The number of aromatic amines is 1. The molecular weight excluding hydrogens is 490 g/mol. The van der Waals surface area contributed by atoms with Crippen LogP contribution in [0.25, 0.3) is 22.2 Å². The summed E-state index contributed by atoms with van der Waals surface area (Å²) in [5.74, 6) is 2.15. The number of piperidine rings is 2. The van der Waals surface area contributed by atoms with E-state index in [-0.39, 0.29) is 0 Å². The highest BCUT2D eigenvalue weighted by molar-refractivity contribution is 7.09. The molecule has 0 unspecified atom stereocenters. The lowest BCUT2D eigenvalue weighted by Crippen LogP contribution is -2.47. The van der Waals surface area contributed by atoms with Crippen molar-refractivity contribution in [3.63, 3.8) is 0 Å². The summed E-state index contributed by atoms with van der Waals surface area (Å²) in [5, 5.41) is 3.52. The maximum absolute atomic E-state index is 5.54. The van der Waals surface area contributed by atoms with Crippen LogP contribution in [-0.4, -0.2) is 61.2 Å². The number of likely N-dealkylation sites (tertiary alicyclic amines) is 2. The van der Waals surface area contributed by atoms with Crippen LogP contribution >= 0.6 is 11.3 Å². The predicted octanol–water partition coefficient (Wildman–Crippen LogP) is 7.07. The van der Waals surface area contributed by atoms with Crippen LogP contribution in [-0.2, 0) is 6.54 Å². The minimum Gasteiger partial charge on any atom is -0.493 e. The molecule has 2 aromatic carbocycles. The van der Waals surface area contributed by atoms with Crippen LogP contribution in [0.5, 0.6) is 11.5 Å². The van der Waals surface area contributed by atoms with Gasteiger partial charge in [0.1, 0.15) is 0 Å². The minimum atomic E-state index is 0.647. The van der Waals surface area contributed by atoms with Crippen molar-refractivity contribution in [3.05, 3.63) is 69.9 Å². The highest BCUT2D eigenvalue weighted by atomic mass is 32.1. The highest BCUT2D eigenvalue weighted by Gasteiger charge is 2.29. The normalized spacial score (nSPS) is 18.3. The average Bonchev–Trinajstić information content (AvgIpc) is 3.60. The van der Waals surface area contributed by atoms with Gasteiger partial charge in [-0.1, -0.05) is 12.1 Å². The largest absolute Gasteiger partial charge is 0.493 e. The van der Waals surface area contributed by atoms with E-state index in [0.29, 0.717) is 5.92 Å². The molecule has 4 aromatic rings. The van der Waals surface area contributed by atoms with Gasteiger partial charge in [0.15, 0.2) is 11.5 Å². The third kappa shape index (κ3) is 5.09. The summed E-state index contributed by atoms with van der Waals surface area (Å²) < 4.78 is 11.0. The van der Waals surface area contributed by atoms with E-state index in [2.05, 4.69) is 69.6 Å². The smallest absolute Gasteiger partial charge is 0.161 e. The van der Waals surface area contributed by atoms with E-state index in [1.165, 1.54) is 78.8 Å². The Morgan fingerprint density at radius 1 is 0.895 bits per heavy atom. The fraction of sp³-hybridized carbons (Fsp3) is 0.438. The molecule has 2 aliphatic heterocycles. The van der Waals surface area contributed by atoms with Crippen LogP contribution in [0.3, 0.4) is 0 Å². The summed E-state index contributed by atoms with van der Waals surface area (Å²) in [6, 6.07) is 18.4. The molecule has 0 aliphatic carbocycles. The molecule has 38 heavy (non-hydrogen) atoms. The monoisotopic (exact) mass is 529 g/mol. The molecule has 2 aliphatic rings. The number of methoxy groups -OCH3 is 2. The topological polar surface area (TPSA) is 40.7 Å². The van der Waals surface area contributed by atoms with Gasteiger partial charge >= 0.3 is 0 Å². The number of nitrogens with one attached hydrogen (secondary N) is 1.